The van der Waals surface area contributed by atoms with E-state index in [2.05, 4.69) is 13.8 Å². The van der Waals surface area contributed by atoms with Gasteiger partial charge in [0.15, 0.2) is 0 Å². The van der Waals surface area contributed by atoms with Gasteiger partial charge in [0.25, 0.3) is 0 Å². The Bertz CT molecular complexity index is 123. The summed E-state index contributed by atoms with van der Waals surface area (Å²) in [4.78, 5) is 8.00. The van der Waals surface area contributed by atoms with Crippen LogP contribution in [0.1, 0.15) is 13.8 Å². The Morgan fingerprint density at radius 2 is 1.43 bits per heavy atom. The largest absolute Gasteiger partial charge is 0.444 e. The fourth-order valence-corrected chi connectivity index (χ4v) is 4.18. The number of rotatable bonds is 6. The molecule has 0 aromatic rings. The summed E-state index contributed by atoms with van der Waals surface area (Å²) in [6.45, 7) is 4.91. The highest BCUT2D eigenvalue weighted by molar-refractivity contribution is 7.75. The third kappa shape index (κ3) is 7.18. The van der Waals surface area contributed by atoms with Gasteiger partial charge in [0.2, 0.25) is 0 Å². The minimum Gasteiger partial charge on any atom is -0.444 e. The molecule has 6 heteroatoms. The van der Waals surface area contributed by atoms with Crippen molar-refractivity contribution < 1.29 is 10.2 Å². The van der Waals surface area contributed by atoms with Crippen LogP contribution in [0.3, 0.4) is 0 Å². The van der Waals surface area contributed by atoms with Gasteiger partial charge in [0.05, 0.1) is 37.9 Å². The highest BCUT2D eigenvalue weighted by Gasteiger charge is 2.31. The summed E-state index contributed by atoms with van der Waals surface area (Å²) in [6.07, 6.45) is 4.18. The van der Waals surface area contributed by atoms with Crippen LogP contribution in [0.25, 0.3) is 0 Å². The van der Waals surface area contributed by atoms with Crippen LogP contribution in [0.15, 0.2) is 5.34 Å². The average Bonchev–Trinajstić information content (AvgIpc) is 2.19. The van der Waals surface area contributed by atoms with Crippen molar-refractivity contribution in [1.82, 2.24) is 0 Å². The van der Waals surface area contributed by atoms with E-state index >= 15 is 0 Å². The van der Waals surface area contributed by atoms with Crippen molar-refractivity contribution in [3.8, 4) is 0 Å². The maximum atomic E-state index is 8.84. The molecule has 0 saturated carbocycles. The zero-order valence-corrected chi connectivity index (χ0v) is 9.74. The van der Waals surface area contributed by atoms with Gasteiger partial charge in [0, 0.05) is 7.26 Å². The first-order chi connectivity index (χ1) is 6.66. The van der Waals surface area contributed by atoms with Crippen molar-refractivity contribution in [2.24, 2.45) is 5.34 Å². The second-order valence-electron chi connectivity index (χ2n) is 2.94. The first-order valence-corrected chi connectivity index (χ1v) is 7.21. The van der Waals surface area contributed by atoms with E-state index in [0.717, 1.165) is 30.0 Å². The zero-order valence-electron chi connectivity index (χ0n) is 8.85. The van der Waals surface area contributed by atoms with Crippen molar-refractivity contribution in [2.45, 2.75) is 13.8 Å². The Kier molecular flexibility index (Phi) is 12.5. The van der Waals surface area contributed by atoms with Crippen molar-refractivity contribution in [3.05, 3.63) is 10.1 Å². The topological polar surface area (TPSA) is 93.0 Å². The molecule has 14 heavy (non-hydrogen) atoms. The van der Waals surface area contributed by atoms with E-state index in [1.807, 2.05) is 0 Å². The van der Waals surface area contributed by atoms with Crippen LogP contribution in [0, 0.1) is 10.1 Å². The lowest BCUT2D eigenvalue weighted by Gasteiger charge is -2.22. The lowest BCUT2D eigenvalue weighted by atomic mass is 10.8. The quantitative estimate of drug-likeness (QED) is 0.404. The molecule has 5 nitrogen and oxygen atoms in total. The molecular weight excluding hydrogens is 205 g/mol. The fourth-order valence-electron chi connectivity index (χ4n) is 1.39. The van der Waals surface area contributed by atoms with Crippen LogP contribution in [0.5, 0.6) is 0 Å². The molecule has 0 amide bonds. The number of nitrogens with zero attached hydrogens (tertiary/aromatic N) is 1. The highest BCUT2D eigenvalue weighted by atomic mass is 31.2. The lowest BCUT2D eigenvalue weighted by molar-refractivity contribution is 0.314. The molecule has 0 atom stereocenters. The molecule has 2 N–H and O–H groups in total. The van der Waals surface area contributed by atoms with Crippen molar-refractivity contribution in [2.75, 3.05) is 37.9 Å². The second kappa shape index (κ2) is 10.8. The predicted octanol–water partition coefficient (Wildman–Crippen LogP) is 1.28. The molecule has 0 unspecified atom stereocenters. The van der Waals surface area contributed by atoms with E-state index in [1.165, 1.54) is 0 Å². The van der Waals surface area contributed by atoms with Gasteiger partial charge in [-0.1, -0.05) is 0 Å². The van der Waals surface area contributed by atoms with Crippen LogP contribution < -0.4 is 0 Å². The van der Waals surface area contributed by atoms with E-state index in [9.17, 15) is 0 Å². The summed E-state index contributed by atoms with van der Waals surface area (Å²) in [6, 6.07) is 0. The van der Waals surface area contributed by atoms with Gasteiger partial charge in [-0.15, -0.1) is 5.34 Å². The molecule has 0 spiro atoms. The van der Waals surface area contributed by atoms with Crippen molar-refractivity contribution >= 4 is 7.26 Å². The zero-order chi connectivity index (χ0) is 11.4. The molecule has 0 radical (unpaired) electrons. The van der Waals surface area contributed by atoms with Crippen LogP contribution in [-0.2, 0) is 0 Å². The second-order valence-corrected chi connectivity index (χ2v) is 7.79. The van der Waals surface area contributed by atoms with Gasteiger partial charge in [-0.05, 0) is 13.8 Å². The van der Waals surface area contributed by atoms with Gasteiger partial charge in [0.1, 0.15) is 0 Å². The van der Waals surface area contributed by atoms with Crippen molar-refractivity contribution in [3.63, 3.8) is 0 Å². The summed E-state index contributed by atoms with van der Waals surface area (Å²) in [5, 5.41) is 26.7. The monoisotopic (exact) mass is 225 g/mol. The predicted molar refractivity (Wildman–Crippen MR) is 61.1 cm³/mol. The molecule has 0 saturated heterocycles. The molecule has 0 aliphatic carbocycles. The maximum absolute atomic E-state index is 8.84. The van der Waals surface area contributed by atoms with Gasteiger partial charge >= 0.3 is 0 Å². The minimum absolute atomic E-state index is 0.287. The molecule has 0 fully saturated rings. The number of hydrogen-bond acceptors (Lipinski definition) is 5. The van der Waals surface area contributed by atoms with Crippen molar-refractivity contribution in [1.29, 1.82) is 0 Å². The average molecular weight is 225 g/mol. The van der Waals surface area contributed by atoms with E-state index in [4.69, 9.17) is 20.3 Å². The smallest absolute Gasteiger partial charge is 0.0826 e. The maximum Gasteiger partial charge on any atom is 0.0826 e. The summed E-state index contributed by atoms with van der Waals surface area (Å²) in [5.74, 6) is 0. The molecule has 0 rings (SSSR count). The molecule has 0 aromatic carbocycles. The molecular formula is C8H20NO4P. The third-order valence-corrected chi connectivity index (χ3v) is 7.47. The van der Waals surface area contributed by atoms with Crippen LogP contribution in [0.2, 0.25) is 0 Å². The van der Waals surface area contributed by atoms with Gasteiger partial charge in [-0.2, -0.15) is 0 Å². The molecule has 0 aliphatic rings. The van der Waals surface area contributed by atoms with Crippen LogP contribution >= 0.6 is 7.26 Å². The van der Waals surface area contributed by atoms with Crippen LogP contribution in [-0.4, -0.2) is 48.1 Å². The number of hydrogen-bond donors (Lipinski definition) is 2. The number of aliphatic hydroxyl groups excluding tert-OH is 2. The van der Waals surface area contributed by atoms with Gasteiger partial charge < -0.3 is 20.3 Å². The van der Waals surface area contributed by atoms with E-state index < -0.39 is 7.26 Å². The Labute approximate surface area is 85.4 Å². The Morgan fingerprint density at radius 1 is 1.14 bits per heavy atom. The molecule has 86 valence electrons. The summed E-state index contributed by atoms with van der Waals surface area (Å²) in [7, 11) is -0.958. The Morgan fingerprint density at radius 3 is 1.57 bits per heavy atom. The van der Waals surface area contributed by atoms with Gasteiger partial charge in [-0.3, -0.25) is 0 Å². The molecule has 0 bridgehead atoms. The summed E-state index contributed by atoms with van der Waals surface area (Å²) in [5.41, 5.74) is 0. The normalized spacial score (nSPS) is 10.3. The Hall–Kier alpha value is -0.250. The Balaban J connectivity index is 0. The SMILES string of the molecule is CC[P+](CC)(CCO)CCO.O=N[O-]. The van der Waals surface area contributed by atoms with E-state index in [-0.39, 0.29) is 13.2 Å². The first kappa shape index (κ1) is 16.2. The molecule has 0 aliphatic heterocycles. The summed E-state index contributed by atoms with van der Waals surface area (Å²) < 4.78 is 0. The van der Waals surface area contributed by atoms with E-state index in [0.29, 0.717) is 0 Å². The standard InChI is InChI=1S/C8H20O2P.HNO2/c1-3-11(4-2,7-5-9)8-6-10;2-1-3/h9-10H,3-8H2,1-2H3;(H,2,3)/q+1;/p-1. The number of aliphatic hydroxyl groups is 2. The lowest BCUT2D eigenvalue weighted by Crippen LogP contribution is -2.13. The van der Waals surface area contributed by atoms with E-state index in [1.54, 1.807) is 0 Å². The van der Waals surface area contributed by atoms with Crippen LogP contribution in [0.4, 0.5) is 0 Å². The molecule has 0 heterocycles. The minimum atomic E-state index is -0.958. The van der Waals surface area contributed by atoms with Gasteiger partial charge in [-0.25, -0.2) is 0 Å². The summed E-state index contributed by atoms with van der Waals surface area (Å²) >= 11 is 0. The third-order valence-electron chi connectivity index (χ3n) is 2.49. The molecule has 0 aromatic heterocycles. The highest BCUT2D eigenvalue weighted by Crippen LogP contribution is 2.57. The fraction of sp³-hybridized carbons (Fsp3) is 1.00. The first-order valence-electron chi connectivity index (χ1n) is 4.68.